The van der Waals surface area contributed by atoms with E-state index in [4.69, 9.17) is 0 Å². The summed E-state index contributed by atoms with van der Waals surface area (Å²) >= 11 is 1.55. The number of nitrogens with zero attached hydrogens (tertiary/aromatic N) is 4. The molecule has 8 heteroatoms. The fourth-order valence-electron chi connectivity index (χ4n) is 2.71. The minimum absolute atomic E-state index is 0.0326. The van der Waals surface area contributed by atoms with Crippen molar-refractivity contribution in [2.24, 2.45) is 0 Å². The SMILES string of the molecule is Cc1nc(/C=C\C(=O)NCCCn2nc3n(c2=O)CCCC3)cs1. The van der Waals surface area contributed by atoms with Crippen LogP contribution in [-0.2, 0) is 24.3 Å². The fourth-order valence-corrected chi connectivity index (χ4v) is 3.29. The van der Waals surface area contributed by atoms with Crippen molar-refractivity contribution in [3.63, 3.8) is 0 Å². The van der Waals surface area contributed by atoms with E-state index in [-0.39, 0.29) is 11.6 Å². The highest BCUT2D eigenvalue weighted by atomic mass is 32.1. The maximum atomic E-state index is 12.2. The van der Waals surface area contributed by atoms with Crippen LogP contribution in [0.5, 0.6) is 0 Å². The highest BCUT2D eigenvalue weighted by Crippen LogP contribution is 2.10. The van der Waals surface area contributed by atoms with Crippen LogP contribution in [0.4, 0.5) is 0 Å². The first kappa shape index (κ1) is 16.6. The lowest BCUT2D eigenvalue weighted by atomic mass is 10.2. The van der Waals surface area contributed by atoms with Crippen molar-refractivity contribution in [1.82, 2.24) is 24.6 Å². The van der Waals surface area contributed by atoms with E-state index in [0.717, 1.165) is 42.3 Å². The summed E-state index contributed by atoms with van der Waals surface area (Å²) in [4.78, 5) is 28.2. The molecule has 0 radical (unpaired) electrons. The molecule has 24 heavy (non-hydrogen) atoms. The fraction of sp³-hybridized carbons (Fsp3) is 0.500. The molecule has 1 amide bonds. The Morgan fingerprint density at radius 3 is 3.08 bits per heavy atom. The third-order valence-electron chi connectivity index (χ3n) is 3.92. The van der Waals surface area contributed by atoms with Gasteiger partial charge in [-0.05, 0) is 32.3 Å². The third kappa shape index (κ3) is 4.00. The summed E-state index contributed by atoms with van der Waals surface area (Å²) in [6.45, 7) is 3.73. The molecule has 0 fully saturated rings. The molecule has 3 heterocycles. The molecule has 0 saturated carbocycles. The number of hydrogen-bond donors (Lipinski definition) is 1. The molecular formula is C16H21N5O2S. The number of carbonyl (C=O) groups is 1. The number of nitrogens with one attached hydrogen (secondary N) is 1. The van der Waals surface area contributed by atoms with Gasteiger partial charge < -0.3 is 5.32 Å². The molecule has 1 N–H and O–H groups in total. The summed E-state index contributed by atoms with van der Waals surface area (Å²) < 4.78 is 3.28. The minimum Gasteiger partial charge on any atom is -0.352 e. The number of amides is 1. The van der Waals surface area contributed by atoms with Gasteiger partial charge in [0.1, 0.15) is 5.82 Å². The topological polar surface area (TPSA) is 81.8 Å². The van der Waals surface area contributed by atoms with Crippen LogP contribution in [0.2, 0.25) is 0 Å². The first-order valence-electron chi connectivity index (χ1n) is 8.18. The van der Waals surface area contributed by atoms with Crippen LogP contribution in [0.15, 0.2) is 16.3 Å². The van der Waals surface area contributed by atoms with Crippen LogP contribution in [0, 0.1) is 6.92 Å². The highest BCUT2D eigenvalue weighted by Gasteiger charge is 2.16. The second-order valence-corrected chi connectivity index (χ2v) is 6.86. The molecule has 128 valence electrons. The molecule has 0 bridgehead atoms. The second kappa shape index (κ2) is 7.57. The molecule has 2 aromatic heterocycles. The predicted molar refractivity (Wildman–Crippen MR) is 92.9 cm³/mol. The average molecular weight is 347 g/mol. The molecule has 0 spiro atoms. The van der Waals surface area contributed by atoms with Gasteiger partial charge in [0.25, 0.3) is 0 Å². The molecule has 3 rings (SSSR count). The number of aryl methyl sites for hydroxylation is 3. The van der Waals surface area contributed by atoms with Crippen molar-refractivity contribution in [2.75, 3.05) is 6.54 Å². The van der Waals surface area contributed by atoms with Gasteiger partial charge >= 0.3 is 5.69 Å². The molecule has 1 aliphatic heterocycles. The van der Waals surface area contributed by atoms with Crippen LogP contribution >= 0.6 is 11.3 Å². The van der Waals surface area contributed by atoms with Crippen LogP contribution in [0.1, 0.15) is 35.8 Å². The lowest BCUT2D eigenvalue weighted by Crippen LogP contribution is -2.28. The zero-order chi connectivity index (χ0) is 16.9. The number of thiazole rings is 1. The van der Waals surface area contributed by atoms with Crippen LogP contribution in [0.25, 0.3) is 6.08 Å². The lowest BCUT2D eigenvalue weighted by Gasteiger charge is -2.09. The van der Waals surface area contributed by atoms with Gasteiger partial charge in [0.05, 0.1) is 10.7 Å². The van der Waals surface area contributed by atoms with Crippen LogP contribution < -0.4 is 11.0 Å². The number of rotatable bonds is 6. The van der Waals surface area contributed by atoms with Gasteiger partial charge in [0.15, 0.2) is 0 Å². The van der Waals surface area contributed by atoms with Crippen molar-refractivity contribution < 1.29 is 4.79 Å². The molecule has 7 nitrogen and oxygen atoms in total. The predicted octanol–water partition coefficient (Wildman–Crippen LogP) is 1.37. The number of carbonyl (C=O) groups excluding carboxylic acids is 1. The van der Waals surface area contributed by atoms with Gasteiger partial charge in [-0.25, -0.2) is 14.5 Å². The zero-order valence-corrected chi connectivity index (χ0v) is 14.5. The number of fused-ring (bicyclic) bond motifs is 1. The number of hydrogen-bond acceptors (Lipinski definition) is 5. The van der Waals surface area contributed by atoms with Crippen LogP contribution in [-0.4, -0.2) is 31.8 Å². The Bertz CT molecular complexity index is 802. The highest BCUT2D eigenvalue weighted by molar-refractivity contribution is 7.09. The van der Waals surface area contributed by atoms with E-state index in [2.05, 4.69) is 15.4 Å². The van der Waals surface area contributed by atoms with Crippen molar-refractivity contribution >= 4 is 23.3 Å². The Morgan fingerprint density at radius 1 is 1.46 bits per heavy atom. The Hall–Kier alpha value is -2.22. The van der Waals surface area contributed by atoms with E-state index < -0.39 is 0 Å². The Morgan fingerprint density at radius 2 is 2.33 bits per heavy atom. The van der Waals surface area contributed by atoms with Crippen molar-refractivity contribution in [3.8, 4) is 0 Å². The number of aromatic nitrogens is 4. The summed E-state index contributed by atoms with van der Waals surface area (Å²) in [6, 6.07) is 0. The van der Waals surface area contributed by atoms with Gasteiger partial charge in [-0.2, -0.15) is 5.10 Å². The zero-order valence-electron chi connectivity index (χ0n) is 13.7. The standard InChI is InChI=1S/C16H21N5O2S/c1-12-18-13(11-24-12)6-7-15(22)17-8-4-10-21-16(23)20-9-3-2-5-14(20)19-21/h6-7,11H,2-5,8-10H2,1H3,(H,17,22)/b7-6-. The summed E-state index contributed by atoms with van der Waals surface area (Å²) in [5.41, 5.74) is 0.762. The smallest absolute Gasteiger partial charge is 0.345 e. The van der Waals surface area contributed by atoms with Gasteiger partial charge in [-0.1, -0.05) is 0 Å². The van der Waals surface area contributed by atoms with Gasteiger partial charge in [0, 0.05) is 37.5 Å². The summed E-state index contributed by atoms with van der Waals surface area (Å²) in [6.07, 6.45) is 6.87. The third-order valence-corrected chi connectivity index (χ3v) is 4.71. The van der Waals surface area contributed by atoms with Crippen molar-refractivity contribution in [1.29, 1.82) is 0 Å². The summed E-state index contributed by atoms with van der Waals surface area (Å²) in [5.74, 6) is 0.730. The first-order chi connectivity index (χ1) is 11.6. The van der Waals surface area contributed by atoms with Gasteiger partial charge in [-0.3, -0.25) is 9.36 Å². The molecular weight excluding hydrogens is 326 g/mol. The molecule has 2 aromatic rings. The van der Waals surface area contributed by atoms with Crippen molar-refractivity contribution in [3.05, 3.63) is 38.5 Å². The van der Waals surface area contributed by atoms with E-state index in [1.807, 2.05) is 12.3 Å². The molecule has 0 aliphatic carbocycles. The van der Waals surface area contributed by atoms with E-state index in [1.54, 1.807) is 22.0 Å². The van der Waals surface area contributed by atoms with Gasteiger partial charge in [-0.15, -0.1) is 11.3 Å². The summed E-state index contributed by atoms with van der Waals surface area (Å²) in [5, 5.41) is 10.1. The second-order valence-electron chi connectivity index (χ2n) is 5.80. The Labute approximate surface area is 144 Å². The van der Waals surface area contributed by atoms with Gasteiger partial charge in [0.2, 0.25) is 5.91 Å². The monoisotopic (exact) mass is 347 g/mol. The largest absolute Gasteiger partial charge is 0.352 e. The summed E-state index contributed by atoms with van der Waals surface area (Å²) in [7, 11) is 0. The van der Waals surface area contributed by atoms with E-state index >= 15 is 0 Å². The van der Waals surface area contributed by atoms with E-state index in [1.165, 1.54) is 10.8 Å². The Kier molecular flexibility index (Phi) is 5.24. The van der Waals surface area contributed by atoms with E-state index in [0.29, 0.717) is 19.5 Å². The molecule has 0 unspecified atom stereocenters. The molecule has 0 atom stereocenters. The quantitative estimate of drug-likeness (QED) is 0.632. The minimum atomic E-state index is -0.155. The molecule has 0 aromatic carbocycles. The normalized spacial score (nSPS) is 14.0. The maximum absolute atomic E-state index is 12.2. The van der Waals surface area contributed by atoms with E-state index in [9.17, 15) is 9.59 Å². The maximum Gasteiger partial charge on any atom is 0.345 e. The first-order valence-corrected chi connectivity index (χ1v) is 9.06. The Balaban J connectivity index is 1.44. The average Bonchev–Trinajstić information content (AvgIpc) is 3.14. The molecule has 1 aliphatic rings. The molecule has 0 saturated heterocycles. The lowest BCUT2D eigenvalue weighted by molar-refractivity contribution is -0.116. The van der Waals surface area contributed by atoms with Crippen LogP contribution in [0.3, 0.4) is 0 Å². The van der Waals surface area contributed by atoms with Crippen molar-refractivity contribution in [2.45, 2.75) is 45.7 Å².